The standard InChI is InChI=1S/C21H20N2O2/c1-2-16-10-12-17(13-11-16)15-23-14-6-9-19(21(23)25)20(24)22-18-7-4-3-5-8-18/h3-14H,2,15H2,1H3,(H,22,24). The summed E-state index contributed by atoms with van der Waals surface area (Å²) in [4.78, 5) is 25.0. The van der Waals surface area contributed by atoms with Gasteiger partial charge in [-0.15, -0.1) is 0 Å². The second kappa shape index (κ2) is 7.62. The van der Waals surface area contributed by atoms with Gasteiger partial charge in [0.15, 0.2) is 0 Å². The molecule has 1 N–H and O–H groups in total. The molecular formula is C21H20N2O2. The normalized spacial score (nSPS) is 10.4. The van der Waals surface area contributed by atoms with E-state index < -0.39 is 5.91 Å². The lowest BCUT2D eigenvalue weighted by Gasteiger charge is -2.09. The number of benzene rings is 2. The molecule has 0 atom stereocenters. The van der Waals surface area contributed by atoms with Crippen molar-refractivity contribution < 1.29 is 4.79 Å². The van der Waals surface area contributed by atoms with E-state index in [4.69, 9.17) is 0 Å². The molecule has 4 nitrogen and oxygen atoms in total. The van der Waals surface area contributed by atoms with Crippen LogP contribution in [0.1, 0.15) is 28.4 Å². The number of pyridine rings is 1. The molecule has 4 heteroatoms. The molecule has 0 aliphatic heterocycles. The molecule has 0 aliphatic carbocycles. The number of aryl methyl sites for hydroxylation is 1. The molecule has 1 aromatic heterocycles. The van der Waals surface area contributed by atoms with E-state index in [9.17, 15) is 9.59 Å². The van der Waals surface area contributed by atoms with E-state index in [1.165, 1.54) is 5.56 Å². The van der Waals surface area contributed by atoms with Crippen molar-refractivity contribution in [1.82, 2.24) is 4.57 Å². The Balaban J connectivity index is 1.81. The van der Waals surface area contributed by atoms with E-state index in [1.807, 2.05) is 30.3 Å². The van der Waals surface area contributed by atoms with Crippen LogP contribution in [0.15, 0.2) is 77.7 Å². The molecule has 2 aromatic carbocycles. The summed E-state index contributed by atoms with van der Waals surface area (Å²) in [5, 5.41) is 2.75. The molecule has 0 bridgehead atoms. The minimum absolute atomic E-state index is 0.136. The fourth-order valence-corrected chi connectivity index (χ4v) is 2.63. The van der Waals surface area contributed by atoms with Gasteiger partial charge in [-0.3, -0.25) is 9.59 Å². The topological polar surface area (TPSA) is 51.1 Å². The van der Waals surface area contributed by atoms with Crippen LogP contribution in [-0.4, -0.2) is 10.5 Å². The summed E-state index contributed by atoms with van der Waals surface area (Å²) in [6, 6.07) is 20.5. The van der Waals surface area contributed by atoms with Crippen molar-refractivity contribution in [2.45, 2.75) is 19.9 Å². The van der Waals surface area contributed by atoms with E-state index in [0.29, 0.717) is 12.2 Å². The number of rotatable bonds is 5. The van der Waals surface area contributed by atoms with Crippen LogP contribution < -0.4 is 10.9 Å². The van der Waals surface area contributed by atoms with Crippen molar-refractivity contribution in [2.24, 2.45) is 0 Å². The van der Waals surface area contributed by atoms with Gasteiger partial charge in [-0.2, -0.15) is 0 Å². The van der Waals surface area contributed by atoms with Crippen LogP contribution in [0.3, 0.4) is 0 Å². The highest BCUT2D eigenvalue weighted by molar-refractivity contribution is 6.03. The SMILES string of the molecule is CCc1ccc(Cn2cccc(C(=O)Nc3ccccc3)c2=O)cc1. The van der Waals surface area contributed by atoms with Crippen molar-refractivity contribution in [3.63, 3.8) is 0 Å². The molecule has 3 aromatic rings. The van der Waals surface area contributed by atoms with Crippen LogP contribution >= 0.6 is 0 Å². The minimum atomic E-state index is -0.396. The molecule has 0 radical (unpaired) electrons. The van der Waals surface area contributed by atoms with Crippen molar-refractivity contribution in [1.29, 1.82) is 0 Å². The van der Waals surface area contributed by atoms with Crippen molar-refractivity contribution in [3.8, 4) is 0 Å². The number of para-hydroxylation sites is 1. The Bertz CT molecular complexity index is 913. The number of amides is 1. The predicted molar refractivity (Wildman–Crippen MR) is 100 cm³/mol. The number of nitrogens with one attached hydrogen (secondary N) is 1. The second-order valence-corrected chi connectivity index (χ2v) is 5.85. The summed E-state index contributed by atoms with van der Waals surface area (Å²) in [5.74, 6) is -0.396. The predicted octanol–water partition coefficient (Wildman–Crippen LogP) is 3.71. The van der Waals surface area contributed by atoms with Crippen LogP contribution in [-0.2, 0) is 13.0 Å². The number of anilines is 1. The zero-order chi connectivity index (χ0) is 17.6. The van der Waals surface area contributed by atoms with E-state index in [-0.39, 0.29) is 11.1 Å². The maximum atomic E-state index is 12.6. The summed E-state index contributed by atoms with van der Waals surface area (Å²) in [5.41, 5.74) is 2.79. The Morgan fingerprint density at radius 1 is 0.920 bits per heavy atom. The number of carbonyl (C=O) groups excluding carboxylic acids is 1. The molecule has 3 rings (SSSR count). The van der Waals surface area contributed by atoms with Gasteiger partial charge >= 0.3 is 0 Å². The summed E-state index contributed by atoms with van der Waals surface area (Å²) < 4.78 is 1.56. The highest BCUT2D eigenvalue weighted by atomic mass is 16.2. The first-order valence-corrected chi connectivity index (χ1v) is 8.31. The van der Waals surface area contributed by atoms with E-state index in [1.54, 1.807) is 35.0 Å². The molecule has 0 fully saturated rings. The quantitative estimate of drug-likeness (QED) is 0.774. The van der Waals surface area contributed by atoms with Crippen molar-refractivity contribution >= 4 is 11.6 Å². The third-order valence-electron chi connectivity index (χ3n) is 4.08. The fraction of sp³-hybridized carbons (Fsp3) is 0.143. The Hall–Kier alpha value is -3.14. The van der Waals surface area contributed by atoms with Crippen molar-refractivity contribution in [2.75, 3.05) is 5.32 Å². The first-order chi connectivity index (χ1) is 12.2. The summed E-state index contributed by atoms with van der Waals surface area (Å²) in [6.07, 6.45) is 2.69. The number of hydrogen-bond acceptors (Lipinski definition) is 2. The molecule has 25 heavy (non-hydrogen) atoms. The molecule has 0 unspecified atom stereocenters. The highest BCUT2D eigenvalue weighted by Crippen LogP contribution is 2.08. The van der Waals surface area contributed by atoms with Gasteiger partial charge in [0.1, 0.15) is 5.56 Å². The van der Waals surface area contributed by atoms with Crippen LogP contribution in [0.4, 0.5) is 5.69 Å². The van der Waals surface area contributed by atoms with Gasteiger partial charge in [-0.05, 0) is 41.8 Å². The molecule has 1 amide bonds. The monoisotopic (exact) mass is 332 g/mol. The van der Waals surface area contributed by atoms with Crippen molar-refractivity contribution in [3.05, 3.63) is 100.0 Å². The Morgan fingerprint density at radius 3 is 2.28 bits per heavy atom. The van der Waals surface area contributed by atoms with Gasteiger partial charge in [0.2, 0.25) is 0 Å². The zero-order valence-corrected chi connectivity index (χ0v) is 14.1. The van der Waals surface area contributed by atoms with Crippen LogP contribution in [0.25, 0.3) is 0 Å². The number of carbonyl (C=O) groups is 1. The molecule has 126 valence electrons. The largest absolute Gasteiger partial charge is 0.322 e. The smallest absolute Gasteiger partial charge is 0.263 e. The average molecular weight is 332 g/mol. The molecule has 1 heterocycles. The summed E-state index contributed by atoms with van der Waals surface area (Å²) in [7, 11) is 0. The first kappa shape index (κ1) is 16.7. The maximum absolute atomic E-state index is 12.6. The molecule has 0 aliphatic rings. The van der Waals surface area contributed by atoms with E-state index in [0.717, 1.165) is 12.0 Å². The Morgan fingerprint density at radius 2 is 1.60 bits per heavy atom. The number of hydrogen-bond donors (Lipinski definition) is 1. The lowest BCUT2D eigenvalue weighted by atomic mass is 10.1. The van der Waals surface area contributed by atoms with E-state index >= 15 is 0 Å². The third-order valence-corrected chi connectivity index (χ3v) is 4.08. The zero-order valence-electron chi connectivity index (χ0n) is 14.1. The van der Waals surface area contributed by atoms with Gasteiger partial charge in [0.25, 0.3) is 11.5 Å². The van der Waals surface area contributed by atoms with Gasteiger partial charge in [-0.25, -0.2) is 0 Å². The molecular weight excluding hydrogens is 312 g/mol. The molecule has 0 saturated heterocycles. The third kappa shape index (κ3) is 4.04. The minimum Gasteiger partial charge on any atom is -0.322 e. The van der Waals surface area contributed by atoms with Crippen LogP contribution in [0.5, 0.6) is 0 Å². The maximum Gasteiger partial charge on any atom is 0.263 e. The lowest BCUT2D eigenvalue weighted by molar-refractivity contribution is 0.102. The lowest BCUT2D eigenvalue weighted by Crippen LogP contribution is -2.29. The van der Waals surface area contributed by atoms with Gasteiger partial charge in [-0.1, -0.05) is 49.4 Å². The number of aromatic nitrogens is 1. The Labute approximate surface area is 146 Å². The molecule has 0 saturated carbocycles. The van der Waals surface area contributed by atoms with Gasteiger partial charge in [0.05, 0.1) is 6.54 Å². The number of nitrogens with zero attached hydrogens (tertiary/aromatic N) is 1. The Kier molecular flexibility index (Phi) is 5.09. The highest BCUT2D eigenvalue weighted by Gasteiger charge is 2.12. The van der Waals surface area contributed by atoms with Gasteiger partial charge in [0, 0.05) is 11.9 Å². The van der Waals surface area contributed by atoms with Crippen LogP contribution in [0, 0.1) is 0 Å². The second-order valence-electron chi connectivity index (χ2n) is 5.85. The first-order valence-electron chi connectivity index (χ1n) is 8.31. The fourth-order valence-electron chi connectivity index (χ4n) is 2.63. The summed E-state index contributed by atoms with van der Waals surface area (Å²) >= 11 is 0. The van der Waals surface area contributed by atoms with E-state index in [2.05, 4.69) is 24.4 Å². The van der Waals surface area contributed by atoms with Gasteiger partial charge < -0.3 is 9.88 Å². The average Bonchev–Trinajstić information content (AvgIpc) is 2.65. The van der Waals surface area contributed by atoms with Crippen LogP contribution in [0.2, 0.25) is 0 Å². The molecule has 0 spiro atoms. The summed E-state index contributed by atoms with van der Waals surface area (Å²) in [6.45, 7) is 2.55.